The highest BCUT2D eigenvalue weighted by molar-refractivity contribution is 7.99. The van der Waals surface area contributed by atoms with Crippen LogP contribution >= 0.6 is 11.8 Å². The molecule has 0 bridgehead atoms. The normalized spacial score (nSPS) is 14.2. The van der Waals surface area contributed by atoms with Gasteiger partial charge in [-0.2, -0.15) is 38.1 Å². The van der Waals surface area contributed by atoms with Crippen molar-refractivity contribution in [3.8, 4) is 16.9 Å². The van der Waals surface area contributed by atoms with Crippen LogP contribution in [0.2, 0.25) is 0 Å². The zero-order valence-corrected chi connectivity index (χ0v) is 17.4. The molecule has 4 nitrogen and oxygen atoms in total. The summed E-state index contributed by atoms with van der Waals surface area (Å²) in [5.74, 6) is -3.12. The second-order valence-electron chi connectivity index (χ2n) is 7.08. The van der Waals surface area contributed by atoms with Crippen molar-refractivity contribution in [3.05, 3.63) is 53.6 Å². The maximum Gasteiger partial charge on any atom is 0.416 e. The molecule has 0 aliphatic heterocycles. The number of alkyl halides is 6. The van der Waals surface area contributed by atoms with Crippen molar-refractivity contribution < 1.29 is 41.4 Å². The number of carboxylic acid groups (broad SMARTS) is 1. The van der Waals surface area contributed by atoms with Crippen molar-refractivity contribution in [1.82, 2.24) is 0 Å². The monoisotopic (exact) mass is 481 g/mol. The summed E-state index contributed by atoms with van der Waals surface area (Å²) >= 11 is 1.18. The minimum absolute atomic E-state index is 0.0181. The average Bonchev–Trinajstić information content (AvgIpc) is 2.69. The van der Waals surface area contributed by atoms with Gasteiger partial charge in [0, 0.05) is 5.56 Å². The number of phenols is 1. The molecule has 0 aliphatic carbocycles. The van der Waals surface area contributed by atoms with Gasteiger partial charge in [0.1, 0.15) is 11.8 Å². The van der Waals surface area contributed by atoms with Gasteiger partial charge in [0.25, 0.3) is 0 Å². The molecule has 2 rings (SSSR count). The van der Waals surface area contributed by atoms with E-state index in [0.717, 1.165) is 12.1 Å². The predicted octanol–water partition coefficient (Wildman–Crippen LogP) is 5.65. The molecule has 32 heavy (non-hydrogen) atoms. The maximum atomic E-state index is 13.5. The highest BCUT2D eigenvalue weighted by Gasteiger charge is 2.40. The zero-order valence-electron chi connectivity index (χ0n) is 16.6. The Morgan fingerprint density at radius 1 is 0.969 bits per heavy atom. The van der Waals surface area contributed by atoms with Gasteiger partial charge in [0.05, 0.1) is 11.5 Å². The van der Waals surface area contributed by atoms with Crippen LogP contribution in [0, 0.1) is 0 Å². The van der Waals surface area contributed by atoms with E-state index >= 15 is 0 Å². The first-order chi connectivity index (χ1) is 14.8. The van der Waals surface area contributed by atoms with E-state index in [1.165, 1.54) is 36.0 Å². The van der Waals surface area contributed by atoms with Crippen LogP contribution in [0.4, 0.5) is 26.3 Å². The number of hydrogen-bond acceptors (Lipinski definition) is 4. The Morgan fingerprint density at radius 2 is 1.56 bits per heavy atom. The highest BCUT2D eigenvalue weighted by Crippen LogP contribution is 2.40. The van der Waals surface area contributed by atoms with Crippen LogP contribution in [0.1, 0.15) is 29.9 Å². The lowest BCUT2D eigenvalue weighted by Crippen LogP contribution is -2.30. The van der Waals surface area contributed by atoms with Crippen molar-refractivity contribution >= 4 is 17.7 Å². The number of phenolic OH excluding ortho intramolecular Hbond substituents is 1. The average molecular weight is 481 g/mol. The van der Waals surface area contributed by atoms with Crippen LogP contribution in [0.3, 0.4) is 0 Å². The third-order valence-electron chi connectivity index (χ3n) is 4.79. The molecule has 0 heterocycles. The zero-order chi connectivity index (χ0) is 24.1. The molecule has 2 atom stereocenters. The summed E-state index contributed by atoms with van der Waals surface area (Å²) in [6.07, 6.45) is -9.24. The van der Waals surface area contributed by atoms with E-state index in [9.17, 15) is 36.2 Å². The summed E-state index contributed by atoms with van der Waals surface area (Å²) < 4.78 is 78.8. The number of carbonyl (C=O) groups is 1. The molecule has 0 saturated carbocycles. The Bertz CT molecular complexity index is 915. The summed E-state index contributed by atoms with van der Waals surface area (Å²) in [4.78, 5) is 10.7. The Labute approximate surface area is 184 Å². The van der Waals surface area contributed by atoms with E-state index in [0.29, 0.717) is 11.8 Å². The summed E-state index contributed by atoms with van der Waals surface area (Å²) in [5.41, 5.74) is 4.65. The van der Waals surface area contributed by atoms with E-state index in [1.54, 1.807) is 0 Å². The number of carboxylic acids is 1. The third kappa shape index (κ3) is 7.06. The summed E-state index contributed by atoms with van der Waals surface area (Å²) in [7, 11) is 0. The number of aromatic hydroxyl groups is 1. The van der Waals surface area contributed by atoms with Crippen molar-refractivity contribution in [2.75, 3.05) is 11.5 Å². The molecule has 0 fully saturated rings. The number of hydrogen-bond donors (Lipinski definition) is 3. The summed E-state index contributed by atoms with van der Waals surface area (Å²) in [6, 6.07) is 6.45. The Kier molecular flexibility index (Phi) is 8.47. The first kappa shape index (κ1) is 25.9. The number of halogens is 6. The van der Waals surface area contributed by atoms with Gasteiger partial charge in [-0.3, -0.25) is 4.79 Å². The maximum absolute atomic E-state index is 13.5. The number of aliphatic carboxylic acids is 1. The lowest BCUT2D eigenvalue weighted by Gasteiger charge is -2.21. The van der Waals surface area contributed by atoms with Gasteiger partial charge in [-0.05, 0) is 47.6 Å². The van der Waals surface area contributed by atoms with Crippen LogP contribution in [-0.4, -0.2) is 39.9 Å². The standard InChI is InChI=1S/C21H21F6NO3S/c22-20(23,24)14-5-6-15(18(29)11-14)12-1-3-13(4-2-12)16(21(25,26)27)7-9-32-10-8-17(28)19(30)31/h1-6,11,16-17,29H,7-10,28H2,(H,30,31). The van der Waals surface area contributed by atoms with Gasteiger partial charge in [-0.1, -0.05) is 30.3 Å². The molecule has 0 radical (unpaired) electrons. The third-order valence-corrected chi connectivity index (χ3v) is 5.83. The topological polar surface area (TPSA) is 83.5 Å². The van der Waals surface area contributed by atoms with Crippen LogP contribution in [0.15, 0.2) is 42.5 Å². The van der Waals surface area contributed by atoms with E-state index in [-0.39, 0.29) is 35.3 Å². The first-order valence-corrected chi connectivity index (χ1v) is 10.6. The number of rotatable bonds is 9. The molecule has 0 aromatic heterocycles. The molecule has 2 aromatic carbocycles. The van der Waals surface area contributed by atoms with Crippen LogP contribution in [0.25, 0.3) is 11.1 Å². The molecule has 0 amide bonds. The van der Waals surface area contributed by atoms with E-state index < -0.39 is 41.6 Å². The van der Waals surface area contributed by atoms with E-state index in [2.05, 4.69) is 0 Å². The molecule has 0 saturated heterocycles. The molecule has 176 valence electrons. The van der Waals surface area contributed by atoms with Crippen molar-refractivity contribution in [3.63, 3.8) is 0 Å². The fourth-order valence-electron chi connectivity index (χ4n) is 3.00. The molecule has 0 aliphatic rings. The number of thioether (sulfide) groups is 1. The predicted molar refractivity (Wildman–Crippen MR) is 110 cm³/mol. The Morgan fingerprint density at radius 3 is 2.06 bits per heavy atom. The minimum atomic E-state index is -4.63. The second kappa shape index (κ2) is 10.5. The first-order valence-electron chi connectivity index (χ1n) is 9.44. The largest absolute Gasteiger partial charge is 0.507 e. The lowest BCUT2D eigenvalue weighted by atomic mass is 9.93. The molecule has 0 spiro atoms. The minimum Gasteiger partial charge on any atom is -0.507 e. The van der Waals surface area contributed by atoms with Crippen LogP contribution in [0.5, 0.6) is 5.75 Å². The van der Waals surface area contributed by atoms with Gasteiger partial charge < -0.3 is 15.9 Å². The second-order valence-corrected chi connectivity index (χ2v) is 8.31. The molecule has 2 aromatic rings. The van der Waals surface area contributed by atoms with Gasteiger partial charge in [-0.25, -0.2) is 0 Å². The summed E-state index contributed by atoms with van der Waals surface area (Å²) in [5, 5.41) is 18.6. The number of benzene rings is 2. The van der Waals surface area contributed by atoms with Gasteiger partial charge in [0.15, 0.2) is 0 Å². The molecule has 11 heteroatoms. The smallest absolute Gasteiger partial charge is 0.416 e. The van der Waals surface area contributed by atoms with E-state index in [4.69, 9.17) is 10.8 Å². The SMILES string of the molecule is NC(CCSCCC(c1ccc(-c2ccc(C(F)(F)F)cc2O)cc1)C(F)(F)F)C(=O)O. The van der Waals surface area contributed by atoms with Crippen LogP contribution in [-0.2, 0) is 11.0 Å². The van der Waals surface area contributed by atoms with E-state index in [1.807, 2.05) is 0 Å². The molecular formula is C21H21F6NO3S. The van der Waals surface area contributed by atoms with Crippen LogP contribution < -0.4 is 5.73 Å². The fourth-order valence-corrected chi connectivity index (χ4v) is 4.03. The molecule has 4 N–H and O–H groups in total. The number of nitrogens with two attached hydrogens (primary N) is 1. The molecular weight excluding hydrogens is 460 g/mol. The van der Waals surface area contributed by atoms with Gasteiger partial charge in [-0.15, -0.1) is 0 Å². The van der Waals surface area contributed by atoms with Crippen molar-refractivity contribution in [2.24, 2.45) is 5.73 Å². The Balaban J connectivity index is 2.09. The van der Waals surface area contributed by atoms with Crippen molar-refractivity contribution in [2.45, 2.75) is 37.2 Å². The highest BCUT2D eigenvalue weighted by atomic mass is 32.2. The lowest BCUT2D eigenvalue weighted by molar-refractivity contribution is -0.150. The fraction of sp³-hybridized carbons (Fsp3) is 0.381. The molecule has 2 unspecified atom stereocenters. The Hall–Kier alpha value is -2.40. The van der Waals surface area contributed by atoms with Gasteiger partial charge >= 0.3 is 18.3 Å². The van der Waals surface area contributed by atoms with Gasteiger partial charge in [0.2, 0.25) is 0 Å². The van der Waals surface area contributed by atoms with Crippen molar-refractivity contribution in [1.29, 1.82) is 0 Å². The quantitative estimate of drug-likeness (QED) is 0.319. The summed E-state index contributed by atoms with van der Waals surface area (Å²) in [6.45, 7) is 0.